The molecule has 0 radical (unpaired) electrons. The van der Waals surface area contributed by atoms with Crippen molar-refractivity contribution in [2.75, 3.05) is 10.7 Å². The van der Waals surface area contributed by atoms with E-state index in [2.05, 4.69) is 63.0 Å². The fourth-order valence-corrected chi connectivity index (χ4v) is 4.90. The highest BCUT2D eigenvalue weighted by Gasteiger charge is 2.32. The molecule has 4 heteroatoms. The Bertz CT molecular complexity index is 622. The summed E-state index contributed by atoms with van der Waals surface area (Å²) in [5.74, 6) is 0. The number of benzene rings is 2. The molecular formula is C17H16Br2Cl2. The minimum absolute atomic E-state index is 0.0559. The Hall–Kier alpha value is -0.0200. The van der Waals surface area contributed by atoms with Crippen molar-refractivity contribution in [1.29, 1.82) is 0 Å². The van der Waals surface area contributed by atoms with Gasteiger partial charge in [-0.2, -0.15) is 0 Å². The van der Waals surface area contributed by atoms with Gasteiger partial charge in [-0.15, -0.1) is 0 Å². The number of hydrogen-bond donors (Lipinski definition) is 0. The van der Waals surface area contributed by atoms with Crippen LogP contribution in [0.3, 0.4) is 0 Å². The fourth-order valence-electron chi connectivity index (χ4n) is 2.59. The molecular weight excluding hydrogens is 435 g/mol. The van der Waals surface area contributed by atoms with Crippen LogP contribution in [0.25, 0.3) is 0 Å². The molecule has 0 aliphatic rings. The molecule has 2 rings (SSSR count). The van der Waals surface area contributed by atoms with E-state index in [4.69, 9.17) is 23.2 Å². The third-order valence-electron chi connectivity index (χ3n) is 3.79. The first-order valence-corrected chi connectivity index (χ1v) is 9.65. The molecule has 0 aromatic heterocycles. The molecule has 0 aliphatic carbocycles. The summed E-state index contributed by atoms with van der Waals surface area (Å²) in [6.07, 6.45) is 0.827. The first kappa shape index (κ1) is 17.3. The molecule has 0 aliphatic heterocycles. The molecule has 21 heavy (non-hydrogen) atoms. The van der Waals surface area contributed by atoms with Gasteiger partial charge in [0.25, 0.3) is 0 Å². The summed E-state index contributed by atoms with van der Waals surface area (Å²) in [7, 11) is 0. The Morgan fingerprint density at radius 1 is 0.952 bits per heavy atom. The summed E-state index contributed by atoms with van der Waals surface area (Å²) in [4.78, 5) is 0. The van der Waals surface area contributed by atoms with E-state index < -0.39 is 0 Å². The van der Waals surface area contributed by atoms with E-state index in [1.165, 1.54) is 11.1 Å². The van der Waals surface area contributed by atoms with Gasteiger partial charge in [0.2, 0.25) is 0 Å². The summed E-state index contributed by atoms with van der Waals surface area (Å²) in [6, 6.07) is 14.3. The van der Waals surface area contributed by atoms with Crippen LogP contribution in [-0.4, -0.2) is 10.7 Å². The highest BCUT2D eigenvalue weighted by molar-refractivity contribution is 9.09. The minimum Gasteiger partial charge on any atom is -0.0918 e. The molecule has 0 spiro atoms. The van der Waals surface area contributed by atoms with Crippen molar-refractivity contribution in [3.63, 3.8) is 0 Å². The van der Waals surface area contributed by atoms with Crippen LogP contribution in [-0.2, 0) is 11.8 Å². The van der Waals surface area contributed by atoms with Gasteiger partial charge < -0.3 is 0 Å². The highest BCUT2D eigenvalue weighted by Crippen LogP contribution is 2.37. The van der Waals surface area contributed by atoms with Gasteiger partial charge in [0.05, 0.1) is 10.0 Å². The zero-order valence-electron chi connectivity index (χ0n) is 11.7. The fraction of sp³-hybridized carbons (Fsp3) is 0.294. The largest absolute Gasteiger partial charge is 0.0918 e. The van der Waals surface area contributed by atoms with Crippen molar-refractivity contribution in [3.8, 4) is 0 Å². The van der Waals surface area contributed by atoms with Crippen molar-refractivity contribution in [2.45, 2.75) is 18.8 Å². The van der Waals surface area contributed by atoms with E-state index in [0.29, 0.717) is 10.0 Å². The second-order valence-electron chi connectivity index (χ2n) is 5.25. The molecule has 0 unspecified atom stereocenters. The highest BCUT2D eigenvalue weighted by atomic mass is 79.9. The second-order valence-corrected chi connectivity index (χ2v) is 7.16. The quantitative estimate of drug-likeness (QED) is 0.452. The lowest BCUT2D eigenvalue weighted by Crippen LogP contribution is -2.34. The molecule has 0 fully saturated rings. The van der Waals surface area contributed by atoms with Crippen LogP contribution in [0.1, 0.15) is 16.7 Å². The summed E-state index contributed by atoms with van der Waals surface area (Å²) in [6.45, 7) is 2.15. The van der Waals surface area contributed by atoms with Gasteiger partial charge in [0.15, 0.2) is 0 Å². The lowest BCUT2D eigenvalue weighted by atomic mass is 9.77. The second kappa shape index (κ2) is 7.50. The Balaban J connectivity index is 2.49. The molecule has 2 aromatic carbocycles. The number of rotatable bonds is 5. The normalized spacial score (nSPS) is 11.7. The van der Waals surface area contributed by atoms with Gasteiger partial charge >= 0.3 is 0 Å². The lowest BCUT2D eigenvalue weighted by molar-refractivity contribution is 0.548. The maximum atomic E-state index is 6.38. The number of halogens is 4. The van der Waals surface area contributed by atoms with Gasteiger partial charge in [-0.3, -0.25) is 0 Å². The Morgan fingerprint density at radius 2 is 1.62 bits per heavy atom. The maximum Gasteiger partial charge on any atom is 0.0624 e. The average molecular weight is 451 g/mol. The van der Waals surface area contributed by atoms with Crippen LogP contribution < -0.4 is 0 Å². The number of aryl methyl sites for hydroxylation is 1. The molecule has 2 aromatic rings. The monoisotopic (exact) mass is 448 g/mol. The maximum absolute atomic E-state index is 6.38. The molecule has 0 amide bonds. The molecule has 112 valence electrons. The number of hydrogen-bond acceptors (Lipinski definition) is 0. The van der Waals surface area contributed by atoms with Crippen LogP contribution in [0.15, 0.2) is 42.5 Å². The summed E-state index contributed by atoms with van der Waals surface area (Å²) in [5.41, 5.74) is 3.63. The van der Waals surface area contributed by atoms with Crippen LogP contribution >= 0.6 is 55.1 Å². The Labute approximate surface area is 153 Å². The van der Waals surface area contributed by atoms with Crippen molar-refractivity contribution in [3.05, 3.63) is 69.2 Å². The summed E-state index contributed by atoms with van der Waals surface area (Å²) in [5, 5.41) is 2.95. The standard InChI is InChI=1S/C17H16Br2Cl2/c1-12-5-2-3-7-14(12)17(10-18,11-19)9-13-6-4-8-15(20)16(13)21/h2-8H,9-11H2,1H3. The number of alkyl halides is 2. The first-order chi connectivity index (χ1) is 10.0. The smallest absolute Gasteiger partial charge is 0.0624 e. The molecule has 0 nitrogen and oxygen atoms in total. The average Bonchev–Trinajstić information content (AvgIpc) is 2.50. The van der Waals surface area contributed by atoms with E-state index >= 15 is 0 Å². The third-order valence-corrected chi connectivity index (χ3v) is 6.79. The Kier molecular flexibility index (Phi) is 6.19. The van der Waals surface area contributed by atoms with Gasteiger partial charge in [-0.05, 0) is 36.1 Å². The summed E-state index contributed by atoms with van der Waals surface area (Å²) < 4.78 is 0. The van der Waals surface area contributed by atoms with Gasteiger partial charge in [0.1, 0.15) is 0 Å². The molecule has 0 N–H and O–H groups in total. The lowest BCUT2D eigenvalue weighted by Gasteiger charge is -2.33. The van der Waals surface area contributed by atoms with Crippen LogP contribution in [0.5, 0.6) is 0 Å². The van der Waals surface area contributed by atoms with Crippen LogP contribution in [0.4, 0.5) is 0 Å². The molecule has 0 saturated carbocycles. The van der Waals surface area contributed by atoms with Crippen LogP contribution in [0, 0.1) is 6.92 Å². The van der Waals surface area contributed by atoms with Crippen molar-refractivity contribution < 1.29 is 0 Å². The van der Waals surface area contributed by atoms with Gasteiger partial charge in [-0.25, -0.2) is 0 Å². The molecule has 0 atom stereocenters. The van der Waals surface area contributed by atoms with Gasteiger partial charge in [-0.1, -0.05) is 91.5 Å². The van der Waals surface area contributed by atoms with E-state index in [1.807, 2.05) is 18.2 Å². The third kappa shape index (κ3) is 3.67. The van der Waals surface area contributed by atoms with Crippen molar-refractivity contribution >= 4 is 55.1 Å². The molecule has 0 heterocycles. The predicted molar refractivity (Wildman–Crippen MR) is 101 cm³/mol. The summed E-state index contributed by atoms with van der Waals surface area (Å²) >= 11 is 19.9. The van der Waals surface area contributed by atoms with Gasteiger partial charge in [0, 0.05) is 16.1 Å². The SMILES string of the molecule is Cc1ccccc1C(CBr)(CBr)Cc1cccc(Cl)c1Cl. The molecule has 0 bridgehead atoms. The minimum atomic E-state index is -0.0559. The Morgan fingerprint density at radius 3 is 2.24 bits per heavy atom. The van der Waals surface area contributed by atoms with Crippen LogP contribution in [0.2, 0.25) is 10.0 Å². The zero-order chi connectivity index (χ0) is 15.5. The molecule has 0 saturated heterocycles. The predicted octanol–water partition coefficient (Wildman–Crippen LogP) is 6.57. The van der Waals surface area contributed by atoms with Crippen molar-refractivity contribution in [2.24, 2.45) is 0 Å². The van der Waals surface area contributed by atoms with E-state index in [1.54, 1.807) is 0 Å². The van der Waals surface area contributed by atoms with E-state index in [9.17, 15) is 0 Å². The van der Waals surface area contributed by atoms with E-state index in [-0.39, 0.29) is 5.41 Å². The van der Waals surface area contributed by atoms with Crippen molar-refractivity contribution in [1.82, 2.24) is 0 Å². The zero-order valence-corrected chi connectivity index (χ0v) is 16.4. The first-order valence-electron chi connectivity index (χ1n) is 6.65. The van der Waals surface area contributed by atoms with E-state index in [0.717, 1.165) is 22.6 Å². The topological polar surface area (TPSA) is 0 Å².